The van der Waals surface area contributed by atoms with Gasteiger partial charge in [0.1, 0.15) is 11.3 Å². The Balaban J connectivity index is 1.43. The minimum atomic E-state index is -0.645. The van der Waals surface area contributed by atoms with E-state index in [4.69, 9.17) is 9.62 Å². The van der Waals surface area contributed by atoms with Crippen molar-refractivity contribution in [3.63, 3.8) is 0 Å². The minimum Gasteiger partial charge on any atom is -0.459 e. The molecule has 0 saturated carbocycles. The van der Waals surface area contributed by atoms with Gasteiger partial charge in [-0.15, -0.1) is 0 Å². The van der Waals surface area contributed by atoms with E-state index in [0.717, 1.165) is 16.7 Å². The highest BCUT2D eigenvalue weighted by Crippen LogP contribution is 2.28. The number of furan rings is 1. The van der Waals surface area contributed by atoms with Crippen LogP contribution in [-0.2, 0) is 0 Å². The summed E-state index contributed by atoms with van der Waals surface area (Å²) in [7, 11) is 0. The highest BCUT2D eigenvalue weighted by Gasteiger charge is 2.28. The Morgan fingerprint density at radius 2 is 1.89 bits per heavy atom. The van der Waals surface area contributed by atoms with Crippen molar-refractivity contribution in [3.05, 3.63) is 54.0 Å². The monoisotopic (exact) mass is 383 g/mol. The Hall–Kier alpha value is -3.01. The van der Waals surface area contributed by atoms with Crippen LogP contribution in [0.5, 0.6) is 0 Å². The van der Waals surface area contributed by atoms with Crippen LogP contribution in [0.4, 0.5) is 5.95 Å². The van der Waals surface area contributed by atoms with Gasteiger partial charge in [0.15, 0.2) is 0 Å². The van der Waals surface area contributed by atoms with Crippen molar-refractivity contribution in [2.24, 2.45) is 0 Å². The van der Waals surface area contributed by atoms with E-state index in [1.54, 1.807) is 5.48 Å². The Bertz CT molecular complexity index is 917. The average Bonchev–Trinajstić information content (AvgIpc) is 3.18. The lowest BCUT2D eigenvalue weighted by atomic mass is 10.1. The van der Waals surface area contributed by atoms with Crippen molar-refractivity contribution in [1.29, 1.82) is 0 Å². The molecule has 1 aromatic carbocycles. The predicted octanol–water partition coefficient (Wildman–Crippen LogP) is 1.20. The summed E-state index contributed by atoms with van der Waals surface area (Å²) in [6, 6.07) is 9.58. The number of carbonyl (C=O) groups excluding carboxylic acids is 1. The number of aromatic nitrogens is 2. The topological polar surface area (TPSA) is 115 Å². The molecule has 0 radical (unpaired) electrons. The molecular formula is C19H21N5O4. The first-order chi connectivity index (χ1) is 13.7. The number of anilines is 1. The molecule has 1 atom stereocenters. The summed E-state index contributed by atoms with van der Waals surface area (Å²) in [5, 5.41) is 19.6. The average molecular weight is 383 g/mol. The van der Waals surface area contributed by atoms with Gasteiger partial charge < -0.3 is 14.4 Å². The van der Waals surface area contributed by atoms with Crippen LogP contribution in [0.25, 0.3) is 11.0 Å². The normalized spacial score (nSPS) is 16.3. The molecule has 3 heterocycles. The number of piperazine rings is 1. The van der Waals surface area contributed by atoms with Crippen molar-refractivity contribution in [3.8, 4) is 0 Å². The first-order valence-corrected chi connectivity index (χ1v) is 9.04. The molecule has 0 aliphatic carbocycles. The number of nitrogens with zero attached hydrogens (tertiary/aromatic N) is 4. The van der Waals surface area contributed by atoms with E-state index in [1.807, 2.05) is 35.2 Å². The van der Waals surface area contributed by atoms with Gasteiger partial charge in [-0.05, 0) is 12.1 Å². The smallest absolute Gasteiger partial charge is 0.277 e. The van der Waals surface area contributed by atoms with Crippen LogP contribution in [0.3, 0.4) is 0 Å². The zero-order valence-electron chi connectivity index (χ0n) is 15.2. The molecule has 2 aromatic heterocycles. The number of carbonyl (C=O) groups is 1. The van der Waals surface area contributed by atoms with Gasteiger partial charge in [-0.25, -0.2) is 15.4 Å². The second-order valence-corrected chi connectivity index (χ2v) is 6.62. The van der Waals surface area contributed by atoms with Gasteiger partial charge in [0.25, 0.3) is 5.91 Å². The largest absolute Gasteiger partial charge is 0.459 e. The molecule has 9 nitrogen and oxygen atoms in total. The molecule has 1 fully saturated rings. The zero-order chi connectivity index (χ0) is 19.5. The van der Waals surface area contributed by atoms with E-state index in [-0.39, 0.29) is 18.2 Å². The van der Waals surface area contributed by atoms with Gasteiger partial charge in [-0.3, -0.25) is 14.9 Å². The van der Waals surface area contributed by atoms with Crippen molar-refractivity contribution < 1.29 is 19.5 Å². The van der Waals surface area contributed by atoms with Crippen molar-refractivity contribution >= 4 is 22.8 Å². The van der Waals surface area contributed by atoms with Gasteiger partial charge in [-0.2, -0.15) is 0 Å². The third kappa shape index (κ3) is 3.55. The fraction of sp³-hybridized carbons (Fsp3) is 0.316. The fourth-order valence-corrected chi connectivity index (χ4v) is 3.45. The highest BCUT2D eigenvalue weighted by atomic mass is 16.5. The van der Waals surface area contributed by atoms with E-state index in [0.29, 0.717) is 32.1 Å². The molecule has 1 amide bonds. The second-order valence-electron chi connectivity index (χ2n) is 6.62. The number of amides is 1. The number of fused-ring (bicyclic) bond motifs is 1. The molecule has 3 aromatic rings. The SMILES string of the molecule is O=C(NO)c1cnc(N2CCN(C(CO)c3cc4ccccc4o3)CC2)nc1. The third-order valence-electron chi connectivity index (χ3n) is 4.99. The molecule has 1 aliphatic heterocycles. The maximum Gasteiger partial charge on any atom is 0.277 e. The number of hydrogen-bond donors (Lipinski definition) is 3. The fourth-order valence-electron chi connectivity index (χ4n) is 3.45. The summed E-state index contributed by atoms with van der Waals surface area (Å²) in [5.74, 6) is 0.638. The Labute approximate surface area is 161 Å². The van der Waals surface area contributed by atoms with E-state index >= 15 is 0 Å². The van der Waals surface area contributed by atoms with Gasteiger partial charge in [0, 0.05) is 44.0 Å². The molecule has 0 bridgehead atoms. The predicted molar refractivity (Wildman–Crippen MR) is 101 cm³/mol. The molecule has 28 heavy (non-hydrogen) atoms. The highest BCUT2D eigenvalue weighted by molar-refractivity contribution is 5.92. The molecule has 1 aliphatic rings. The Morgan fingerprint density at radius 1 is 1.18 bits per heavy atom. The number of nitrogens with one attached hydrogen (secondary N) is 1. The maximum absolute atomic E-state index is 11.4. The summed E-state index contributed by atoms with van der Waals surface area (Å²) in [6.07, 6.45) is 2.76. The standard InChI is InChI=1S/C19H21N5O4/c25-12-15(17-9-13-3-1-2-4-16(13)28-17)23-5-7-24(8-6-23)19-20-10-14(11-21-19)18(26)22-27/h1-4,9-11,15,25,27H,5-8,12H2,(H,22,26). The van der Waals surface area contributed by atoms with Crippen LogP contribution in [0, 0.1) is 0 Å². The third-order valence-corrected chi connectivity index (χ3v) is 4.99. The zero-order valence-corrected chi connectivity index (χ0v) is 15.2. The number of aliphatic hydroxyl groups is 1. The van der Waals surface area contributed by atoms with Gasteiger partial charge in [-0.1, -0.05) is 18.2 Å². The molecular weight excluding hydrogens is 362 g/mol. The van der Waals surface area contributed by atoms with Crippen LogP contribution in [0.15, 0.2) is 47.1 Å². The number of aliphatic hydroxyl groups excluding tert-OH is 1. The van der Waals surface area contributed by atoms with Gasteiger partial charge >= 0.3 is 0 Å². The van der Waals surface area contributed by atoms with E-state index in [2.05, 4.69) is 14.9 Å². The number of benzene rings is 1. The van der Waals surface area contributed by atoms with Crippen LogP contribution >= 0.6 is 0 Å². The molecule has 146 valence electrons. The lowest BCUT2D eigenvalue weighted by Gasteiger charge is -2.37. The molecule has 1 unspecified atom stereocenters. The summed E-state index contributed by atoms with van der Waals surface area (Å²) in [4.78, 5) is 24.0. The number of hydrogen-bond acceptors (Lipinski definition) is 8. The first kappa shape index (κ1) is 18.4. The number of para-hydroxylation sites is 1. The molecule has 1 saturated heterocycles. The lowest BCUT2D eigenvalue weighted by molar-refractivity contribution is 0.0705. The molecule has 4 rings (SSSR count). The molecule has 9 heteroatoms. The Morgan fingerprint density at radius 3 is 2.54 bits per heavy atom. The van der Waals surface area contributed by atoms with Crippen molar-refractivity contribution in [2.45, 2.75) is 6.04 Å². The van der Waals surface area contributed by atoms with E-state index in [9.17, 15) is 9.90 Å². The Kier molecular flexibility index (Phi) is 5.20. The summed E-state index contributed by atoms with van der Waals surface area (Å²) in [5.41, 5.74) is 2.56. The van der Waals surface area contributed by atoms with Crippen LogP contribution in [0.1, 0.15) is 22.2 Å². The summed E-state index contributed by atoms with van der Waals surface area (Å²) < 4.78 is 5.93. The van der Waals surface area contributed by atoms with Gasteiger partial charge in [0.2, 0.25) is 5.95 Å². The quantitative estimate of drug-likeness (QED) is 0.445. The summed E-state index contributed by atoms with van der Waals surface area (Å²) >= 11 is 0. The number of hydroxylamine groups is 1. The summed E-state index contributed by atoms with van der Waals surface area (Å²) in [6.45, 7) is 2.76. The second kappa shape index (κ2) is 7.93. The first-order valence-electron chi connectivity index (χ1n) is 9.04. The lowest BCUT2D eigenvalue weighted by Crippen LogP contribution is -2.48. The van der Waals surface area contributed by atoms with Gasteiger partial charge in [0.05, 0.1) is 18.2 Å². The van der Waals surface area contributed by atoms with Crippen molar-refractivity contribution in [2.75, 3.05) is 37.7 Å². The molecule has 3 N–H and O–H groups in total. The van der Waals surface area contributed by atoms with Crippen LogP contribution in [-0.4, -0.2) is 63.9 Å². The number of rotatable bonds is 5. The van der Waals surface area contributed by atoms with Crippen molar-refractivity contribution in [1.82, 2.24) is 20.3 Å². The minimum absolute atomic E-state index is 0.0265. The van der Waals surface area contributed by atoms with Crippen LogP contribution in [0.2, 0.25) is 0 Å². The molecule has 0 spiro atoms. The van der Waals surface area contributed by atoms with E-state index in [1.165, 1.54) is 12.4 Å². The maximum atomic E-state index is 11.4. The van der Waals surface area contributed by atoms with E-state index < -0.39 is 5.91 Å². The van der Waals surface area contributed by atoms with Crippen LogP contribution < -0.4 is 10.4 Å².